The van der Waals surface area contributed by atoms with E-state index in [0.717, 1.165) is 0 Å². The van der Waals surface area contributed by atoms with Crippen LogP contribution in [-0.4, -0.2) is 36.0 Å². The molecule has 0 unspecified atom stereocenters. The molecule has 1 aliphatic heterocycles. The molecule has 1 aromatic rings. The normalized spacial score (nSPS) is 17.2. The van der Waals surface area contributed by atoms with Crippen molar-refractivity contribution in [3.63, 3.8) is 0 Å². The van der Waals surface area contributed by atoms with Crippen LogP contribution in [0.15, 0.2) is 12.1 Å². The van der Waals surface area contributed by atoms with Gasteiger partial charge in [-0.25, -0.2) is 4.79 Å². The number of carbonyl (C=O) groups is 3. The first-order valence-electron chi connectivity index (χ1n) is 6.13. The fraction of sp³-hybridized carbons (Fsp3) is 0.308. The molecule has 1 aliphatic rings. The largest absolute Gasteiger partial charge is 0.496 e. The lowest BCUT2D eigenvalue weighted by Crippen LogP contribution is -2.37. The average Bonchev–Trinajstić information content (AvgIpc) is 2.87. The zero-order valence-corrected chi connectivity index (χ0v) is 11.9. The van der Waals surface area contributed by atoms with E-state index in [2.05, 4.69) is 10.6 Å². The Labute approximate surface area is 125 Å². The van der Waals surface area contributed by atoms with E-state index in [4.69, 9.17) is 21.4 Å². The zero-order valence-electron chi connectivity index (χ0n) is 11.1. The minimum Gasteiger partial charge on any atom is -0.496 e. The molecule has 2 rings (SSSR count). The smallest absolute Gasteiger partial charge is 0.339 e. The second-order valence-electron chi connectivity index (χ2n) is 4.49. The number of carboxylic acids is 1. The van der Waals surface area contributed by atoms with Gasteiger partial charge in [0, 0.05) is 12.5 Å². The molecule has 0 aliphatic carbocycles. The van der Waals surface area contributed by atoms with Gasteiger partial charge in [0.1, 0.15) is 17.4 Å². The Kier molecular flexibility index (Phi) is 4.32. The average molecular weight is 313 g/mol. The number of benzene rings is 1. The van der Waals surface area contributed by atoms with Crippen molar-refractivity contribution >= 4 is 35.1 Å². The van der Waals surface area contributed by atoms with E-state index in [-0.39, 0.29) is 27.9 Å². The highest BCUT2D eigenvalue weighted by Gasteiger charge is 2.28. The molecule has 0 aromatic heterocycles. The van der Waals surface area contributed by atoms with Crippen LogP contribution < -0.4 is 15.4 Å². The molecule has 0 bridgehead atoms. The summed E-state index contributed by atoms with van der Waals surface area (Å²) in [7, 11) is 1.32. The molecule has 1 heterocycles. The van der Waals surface area contributed by atoms with Gasteiger partial charge in [-0.3, -0.25) is 9.59 Å². The summed E-state index contributed by atoms with van der Waals surface area (Å²) in [5, 5.41) is 14.2. The zero-order chi connectivity index (χ0) is 15.6. The Bertz CT molecular complexity index is 617. The van der Waals surface area contributed by atoms with Gasteiger partial charge >= 0.3 is 5.97 Å². The molecule has 1 atom stereocenters. The Hall–Kier alpha value is -2.28. The molecule has 7 nitrogen and oxygen atoms in total. The van der Waals surface area contributed by atoms with E-state index in [0.29, 0.717) is 12.8 Å². The second-order valence-corrected chi connectivity index (χ2v) is 4.89. The van der Waals surface area contributed by atoms with Crippen molar-refractivity contribution in [3.8, 4) is 5.75 Å². The van der Waals surface area contributed by atoms with Gasteiger partial charge in [-0.2, -0.15) is 0 Å². The molecular formula is C13H13ClN2O5. The summed E-state index contributed by atoms with van der Waals surface area (Å²) in [4.78, 5) is 34.1. The number of aromatic carboxylic acids is 1. The predicted molar refractivity (Wildman–Crippen MR) is 74.8 cm³/mol. The third kappa shape index (κ3) is 3.25. The highest BCUT2D eigenvalue weighted by Crippen LogP contribution is 2.31. The van der Waals surface area contributed by atoms with Crippen LogP contribution in [-0.2, 0) is 9.59 Å². The van der Waals surface area contributed by atoms with E-state index >= 15 is 0 Å². The van der Waals surface area contributed by atoms with Crippen molar-refractivity contribution in [1.82, 2.24) is 5.32 Å². The van der Waals surface area contributed by atoms with Gasteiger partial charge in [0.25, 0.3) is 0 Å². The molecule has 0 radical (unpaired) electrons. The highest BCUT2D eigenvalue weighted by atomic mass is 35.5. The van der Waals surface area contributed by atoms with Crippen LogP contribution in [0.25, 0.3) is 0 Å². The first-order chi connectivity index (χ1) is 9.92. The van der Waals surface area contributed by atoms with E-state index < -0.39 is 17.9 Å². The molecule has 2 amide bonds. The Morgan fingerprint density at radius 2 is 2.19 bits per heavy atom. The number of amides is 2. The molecule has 1 fully saturated rings. The predicted octanol–water partition coefficient (Wildman–Crippen LogP) is 1.26. The fourth-order valence-electron chi connectivity index (χ4n) is 2.02. The first kappa shape index (κ1) is 15.1. The maximum Gasteiger partial charge on any atom is 0.339 e. The maximum atomic E-state index is 12.0. The van der Waals surface area contributed by atoms with Crippen LogP contribution in [0.4, 0.5) is 5.69 Å². The molecule has 112 valence electrons. The van der Waals surface area contributed by atoms with Crippen LogP contribution in [0.3, 0.4) is 0 Å². The molecule has 0 saturated carbocycles. The van der Waals surface area contributed by atoms with Crippen molar-refractivity contribution < 1.29 is 24.2 Å². The Morgan fingerprint density at radius 3 is 2.71 bits per heavy atom. The summed E-state index contributed by atoms with van der Waals surface area (Å²) in [6, 6.07) is 1.92. The summed E-state index contributed by atoms with van der Waals surface area (Å²) in [5.41, 5.74) is 0.124. The Balaban J connectivity index is 2.22. The number of hydrogen-bond acceptors (Lipinski definition) is 4. The number of anilines is 1. The van der Waals surface area contributed by atoms with Crippen molar-refractivity contribution in [2.24, 2.45) is 0 Å². The summed E-state index contributed by atoms with van der Waals surface area (Å²) in [6.45, 7) is 0. The van der Waals surface area contributed by atoms with Crippen molar-refractivity contribution in [2.75, 3.05) is 12.4 Å². The first-order valence-corrected chi connectivity index (χ1v) is 6.51. The molecule has 8 heteroatoms. The van der Waals surface area contributed by atoms with Gasteiger partial charge < -0.3 is 20.5 Å². The van der Waals surface area contributed by atoms with Gasteiger partial charge in [0.05, 0.1) is 17.8 Å². The van der Waals surface area contributed by atoms with Gasteiger partial charge in [0.2, 0.25) is 11.8 Å². The highest BCUT2D eigenvalue weighted by molar-refractivity contribution is 6.34. The lowest BCUT2D eigenvalue weighted by molar-refractivity contribution is -0.122. The summed E-state index contributed by atoms with van der Waals surface area (Å²) >= 11 is 5.96. The number of rotatable bonds is 4. The van der Waals surface area contributed by atoms with E-state index in [1.807, 2.05) is 0 Å². The molecule has 21 heavy (non-hydrogen) atoms. The number of hydrogen-bond donors (Lipinski definition) is 3. The van der Waals surface area contributed by atoms with Crippen LogP contribution in [0.1, 0.15) is 23.2 Å². The van der Waals surface area contributed by atoms with Crippen molar-refractivity contribution in [2.45, 2.75) is 18.9 Å². The number of halogens is 1. The number of methoxy groups -OCH3 is 1. The topological polar surface area (TPSA) is 105 Å². The second kappa shape index (κ2) is 6.01. The number of carboxylic acid groups (broad SMARTS) is 1. The number of nitrogens with one attached hydrogen (secondary N) is 2. The van der Waals surface area contributed by atoms with Crippen LogP contribution >= 0.6 is 11.6 Å². The van der Waals surface area contributed by atoms with Crippen LogP contribution in [0.5, 0.6) is 5.75 Å². The third-order valence-electron chi connectivity index (χ3n) is 3.09. The number of carbonyl (C=O) groups excluding carboxylic acids is 2. The quantitative estimate of drug-likeness (QED) is 0.776. The molecule has 1 saturated heterocycles. The lowest BCUT2D eigenvalue weighted by atomic mass is 10.1. The minimum atomic E-state index is -1.19. The van der Waals surface area contributed by atoms with E-state index in [9.17, 15) is 14.4 Å². The van der Waals surface area contributed by atoms with E-state index in [1.54, 1.807) is 0 Å². The Morgan fingerprint density at radius 1 is 1.48 bits per heavy atom. The third-order valence-corrected chi connectivity index (χ3v) is 3.40. The van der Waals surface area contributed by atoms with Gasteiger partial charge in [-0.15, -0.1) is 0 Å². The SMILES string of the molecule is COc1cc(NC(=O)[C@H]2CCC(=O)N2)c(Cl)cc1C(=O)O. The number of ether oxygens (including phenoxy) is 1. The van der Waals surface area contributed by atoms with Crippen molar-refractivity contribution in [3.05, 3.63) is 22.7 Å². The summed E-state index contributed by atoms with van der Waals surface area (Å²) < 4.78 is 4.97. The maximum absolute atomic E-state index is 12.0. The lowest BCUT2D eigenvalue weighted by Gasteiger charge is -2.14. The van der Waals surface area contributed by atoms with Crippen molar-refractivity contribution in [1.29, 1.82) is 0 Å². The van der Waals surface area contributed by atoms with Gasteiger partial charge in [-0.05, 0) is 12.5 Å². The summed E-state index contributed by atoms with van der Waals surface area (Å²) in [5.74, 6) is -1.69. The summed E-state index contributed by atoms with van der Waals surface area (Å²) in [6.07, 6.45) is 0.708. The standard InChI is InChI=1S/C13H13ClN2O5/c1-21-10-5-9(7(14)4-6(10)13(19)20)16-12(18)8-2-3-11(17)15-8/h4-5,8H,2-3H2,1H3,(H,15,17)(H,16,18)(H,19,20)/t8-/m1/s1. The molecular weight excluding hydrogens is 300 g/mol. The minimum absolute atomic E-state index is 0.0749. The van der Waals surface area contributed by atoms with Crippen LogP contribution in [0, 0.1) is 0 Å². The van der Waals surface area contributed by atoms with Gasteiger partial charge in [-0.1, -0.05) is 11.6 Å². The molecule has 0 spiro atoms. The molecule has 3 N–H and O–H groups in total. The molecule has 1 aromatic carbocycles. The van der Waals surface area contributed by atoms with Gasteiger partial charge in [0.15, 0.2) is 0 Å². The van der Waals surface area contributed by atoms with E-state index in [1.165, 1.54) is 19.2 Å². The monoisotopic (exact) mass is 312 g/mol. The van der Waals surface area contributed by atoms with Crippen LogP contribution in [0.2, 0.25) is 5.02 Å². The fourth-order valence-corrected chi connectivity index (χ4v) is 2.23.